The van der Waals surface area contributed by atoms with E-state index in [1.54, 1.807) is 0 Å². The van der Waals surface area contributed by atoms with Gasteiger partial charge in [0.25, 0.3) is 0 Å². The number of rotatable bonds is 0. The third-order valence-corrected chi connectivity index (χ3v) is 1.65. The first-order valence-corrected chi connectivity index (χ1v) is 3.82. The molecular weight excluding hydrogens is 126 g/mol. The van der Waals surface area contributed by atoms with E-state index in [1.165, 1.54) is 0 Å². The lowest BCUT2D eigenvalue weighted by Gasteiger charge is -2.41. The van der Waals surface area contributed by atoms with Crippen molar-refractivity contribution in [3.8, 4) is 0 Å². The number of nitrogens with one attached hydrogen (secondary N) is 1. The molecule has 10 heavy (non-hydrogen) atoms. The summed E-state index contributed by atoms with van der Waals surface area (Å²) in [7, 11) is 0. The van der Waals surface area contributed by atoms with Crippen molar-refractivity contribution in [2.75, 3.05) is 13.1 Å². The monoisotopic (exact) mass is 143 g/mol. The Balaban J connectivity index is 2.56. The van der Waals surface area contributed by atoms with Crippen molar-refractivity contribution in [1.29, 1.82) is 0 Å². The Morgan fingerprint density at radius 3 is 1.60 bits per heavy atom. The average Bonchev–Trinajstić information content (AvgIpc) is 1.56. The van der Waals surface area contributed by atoms with Gasteiger partial charge >= 0.3 is 0 Å². The summed E-state index contributed by atoms with van der Waals surface area (Å²) in [6, 6.07) is 0. The van der Waals surface area contributed by atoms with E-state index < -0.39 is 0 Å². The Labute approximate surface area is 63.0 Å². The first-order chi connectivity index (χ1) is 4.41. The van der Waals surface area contributed by atoms with Gasteiger partial charge in [0.1, 0.15) is 0 Å². The van der Waals surface area contributed by atoms with Crippen molar-refractivity contribution in [3.63, 3.8) is 0 Å². The van der Waals surface area contributed by atoms with Crippen LogP contribution in [0.15, 0.2) is 0 Å². The summed E-state index contributed by atoms with van der Waals surface area (Å²) >= 11 is 0. The van der Waals surface area contributed by atoms with E-state index in [4.69, 9.17) is 4.74 Å². The summed E-state index contributed by atoms with van der Waals surface area (Å²) in [4.78, 5) is 0. The maximum atomic E-state index is 5.80. The van der Waals surface area contributed by atoms with Gasteiger partial charge in [-0.2, -0.15) is 0 Å². The number of hydrogen-bond acceptors (Lipinski definition) is 2. The lowest BCUT2D eigenvalue weighted by Crippen LogP contribution is -2.55. The molecule has 1 N–H and O–H groups in total. The molecule has 0 aromatic rings. The molecule has 1 saturated heterocycles. The van der Waals surface area contributed by atoms with Crippen LogP contribution >= 0.6 is 0 Å². The molecule has 0 aromatic heterocycles. The molecule has 0 unspecified atom stereocenters. The number of hydrogen-bond donors (Lipinski definition) is 1. The maximum Gasteiger partial charge on any atom is 0.0758 e. The van der Waals surface area contributed by atoms with Crippen LogP contribution < -0.4 is 5.32 Å². The molecule has 0 spiro atoms. The van der Waals surface area contributed by atoms with E-state index in [9.17, 15) is 0 Å². The van der Waals surface area contributed by atoms with Crippen LogP contribution in [0.3, 0.4) is 0 Å². The summed E-state index contributed by atoms with van der Waals surface area (Å²) in [6.45, 7) is 10.4. The van der Waals surface area contributed by atoms with E-state index >= 15 is 0 Å². The van der Waals surface area contributed by atoms with Gasteiger partial charge in [-0.3, -0.25) is 0 Å². The van der Waals surface area contributed by atoms with Gasteiger partial charge in [-0.15, -0.1) is 0 Å². The van der Waals surface area contributed by atoms with Crippen LogP contribution in [0.25, 0.3) is 0 Å². The van der Waals surface area contributed by atoms with Crippen molar-refractivity contribution in [2.45, 2.75) is 38.9 Å². The highest BCUT2D eigenvalue weighted by atomic mass is 16.5. The SMILES string of the molecule is CC1(C)CNCC(C)(C)O1. The highest BCUT2D eigenvalue weighted by Crippen LogP contribution is 2.22. The van der Waals surface area contributed by atoms with E-state index in [0.29, 0.717) is 0 Å². The lowest BCUT2D eigenvalue weighted by molar-refractivity contribution is -0.142. The fourth-order valence-electron chi connectivity index (χ4n) is 1.48. The van der Waals surface area contributed by atoms with E-state index in [0.717, 1.165) is 13.1 Å². The quantitative estimate of drug-likeness (QED) is 0.549. The smallest absolute Gasteiger partial charge is 0.0758 e. The highest BCUT2D eigenvalue weighted by Gasteiger charge is 2.33. The fraction of sp³-hybridized carbons (Fsp3) is 1.00. The maximum absolute atomic E-state index is 5.80. The molecule has 0 atom stereocenters. The molecule has 1 aliphatic rings. The number of ether oxygens (including phenoxy) is 1. The Hall–Kier alpha value is -0.0800. The minimum absolute atomic E-state index is 0.00174. The topological polar surface area (TPSA) is 21.3 Å². The van der Waals surface area contributed by atoms with Gasteiger partial charge < -0.3 is 10.1 Å². The zero-order valence-electron chi connectivity index (χ0n) is 7.32. The predicted octanol–water partition coefficient (Wildman–Crippen LogP) is 1.16. The van der Waals surface area contributed by atoms with Crippen LogP contribution in [0.5, 0.6) is 0 Å². The molecule has 1 rings (SSSR count). The molecule has 0 aliphatic carbocycles. The van der Waals surface area contributed by atoms with Gasteiger partial charge in [0.15, 0.2) is 0 Å². The van der Waals surface area contributed by atoms with Gasteiger partial charge in [-0.05, 0) is 27.7 Å². The number of morpholine rings is 1. The molecule has 2 heteroatoms. The minimum Gasteiger partial charge on any atom is -0.367 e. The van der Waals surface area contributed by atoms with Crippen LogP contribution in [0, 0.1) is 0 Å². The minimum atomic E-state index is 0.00174. The van der Waals surface area contributed by atoms with Gasteiger partial charge in [0, 0.05) is 13.1 Å². The third-order valence-electron chi connectivity index (χ3n) is 1.65. The van der Waals surface area contributed by atoms with E-state index in [1.807, 2.05) is 0 Å². The summed E-state index contributed by atoms with van der Waals surface area (Å²) in [5.41, 5.74) is 0.00347. The second-order valence-electron chi connectivity index (χ2n) is 4.23. The van der Waals surface area contributed by atoms with Crippen LogP contribution in [0.4, 0.5) is 0 Å². The molecule has 1 heterocycles. The van der Waals surface area contributed by atoms with Crippen LogP contribution in [0.2, 0.25) is 0 Å². The summed E-state index contributed by atoms with van der Waals surface area (Å²) in [5, 5.41) is 3.34. The third kappa shape index (κ3) is 1.96. The zero-order chi connectivity index (χ0) is 7.83. The Morgan fingerprint density at radius 2 is 1.40 bits per heavy atom. The molecule has 0 aromatic carbocycles. The Bertz CT molecular complexity index is 115. The second kappa shape index (κ2) is 2.21. The predicted molar refractivity (Wildman–Crippen MR) is 42.1 cm³/mol. The highest BCUT2D eigenvalue weighted by molar-refractivity contribution is 4.86. The standard InChI is InChI=1S/C8H17NO/c1-7(2)5-9-6-8(3,4)10-7/h9H,5-6H2,1-4H3. The van der Waals surface area contributed by atoms with Crippen molar-refractivity contribution in [1.82, 2.24) is 5.32 Å². The molecular formula is C8H17NO. The summed E-state index contributed by atoms with van der Waals surface area (Å²) < 4.78 is 5.80. The van der Waals surface area contributed by atoms with E-state index in [-0.39, 0.29) is 11.2 Å². The van der Waals surface area contributed by atoms with Crippen LogP contribution in [-0.2, 0) is 4.74 Å². The average molecular weight is 143 g/mol. The van der Waals surface area contributed by atoms with Crippen molar-refractivity contribution in [2.24, 2.45) is 0 Å². The van der Waals surface area contributed by atoms with Crippen LogP contribution in [0.1, 0.15) is 27.7 Å². The fourth-order valence-corrected chi connectivity index (χ4v) is 1.48. The van der Waals surface area contributed by atoms with E-state index in [2.05, 4.69) is 33.0 Å². The summed E-state index contributed by atoms with van der Waals surface area (Å²) in [6.07, 6.45) is 0. The molecule has 0 amide bonds. The Morgan fingerprint density at radius 1 is 1.00 bits per heavy atom. The lowest BCUT2D eigenvalue weighted by atomic mass is 10.0. The summed E-state index contributed by atoms with van der Waals surface area (Å²) in [5.74, 6) is 0. The molecule has 1 fully saturated rings. The normalized spacial score (nSPS) is 30.0. The largest absolute Gasteiger partial charge is 0.367 e. The molecule has 0 radical (unpaired) electrons. The first-order valence-electron chi connectivity index (χ1n) is 3.82. The first kappa shape index (κ1) is 8.02. The zero-order valence-corrected chi connectivity index (χ0v) is 7.32. The molecule has 0 bridgehead atoms. The van der Waals surface area contributed by atoms with Gasteiger partial charge in [-0.25, -0.2) is 0 Å². The van der Waals surface area contributed by atoms with Crippen molar-refractivity contribution in [3.05, 3.63) is 0 Å². The molecule has 60 valence electrons. The van der Waals surface area contributed by atoms with Crippen LogP contribution in [-0.4, -0.2) is 24.3 Å². The Kier molecular flexibility index (Phi) is 1.77. The van der Waals surface area contributed by atoms with Gasteiger partial charge in [0.2, 0.25) is 0 Å². The van der Waals surface area contributed by atoms with Gasteiger partial charge in [-0.1, -0.05) is 0 Å². The molecule has 0 saturated carbocycles. The molecule has 1 aliphatic heterocycles. The van der Waals surface area contributed by atoms with Crippen molar-refractivity contribution >= 4 is 0 Å². The molecule has 2 nitrogen and oxygen atoms in total. The van der Waals surface area contributed by atoms with Crippen molar-refractivity contribution < 1.29 is 4.74 Å². The van der Waals surface area contributed by atoms with Gasteiger partial charge in [0.05, 0.1) is 11.2 Å². The second-order valence-corrected chi connectivity index (χ2v) is 4.23.